The first-order valence-electron chi connectivity index (χ1n) is 6.21. The smallest absolute Gasteiger partial charge is 0.271 e. The summed E-state index contributed by atoms with van der Waals surface area (Å²) in [7, 11) is 0. The third-order valence-electron chi connectivity index (χ3n) is 3.04. The van der Waals surface area contributed by atoms with Crippen LogP contribution in [-0.2, 0) is 0 Å². The van der Waals surface area contributed by atoms with Crippen molar-refractivity contribution >= 4 is 28.9 Å². The second-order valence-corrected chi connectivity index (χ2v) is 5.10. The summed E-state index contributed by atoms with van der Waals surface area (Å²) in [6.45, 7) is 3.77. The lowest BCUT2D eigenvalue weighted by atomic mass is 10.1. The van der Waals surface area contributed by atoms with Crippen molar-refractivity contribution in [3.8, 4) is 0 Å². The van der Waals surface area contributed by atoms with Crippen LogP contribution in [-0.4, -0.2) is 10.8 Å². The van der Waals surface area contributed by atoms with Gasteiger partial charge < -0.3 is 5.32 Å². The molecule has 0 aliphatic rings. The van der Waals surface area contributed by atoms with Crippen molar-refractivity contribution in [2.24, 2.45) is 0 Å². The molecular weight excluding hydrogens is 292 g/mol. The topological polar surface area (TPSA) is 72.2 Å². The highest BCUT2D eigenvalue weighted by Gasteiger charge is 2.14. The first-order chi connectivity index (χ1) is 9.88. The molecule has 1 amide bonds. The number of amides is 1. The third kappa shape index (κ3) is 3.38. The summed E-state index contributed by atoms with van der Waals surface area (Å²) in [5.74, 6) is -0.352. The Morgan fingerprint density at radius 1 is 1.19 bits per heavy atom. The maximum Gasteiger partial charge on any atom is 0.271 e. The number of hydrogen-bond acceptors (Lipinski definition) is 3. The van der Waals surface area contributed by atoms with E-state index in [9.17, 15) is 14.9 Å². The van der Waals surface area contributed by atoms with Gasteiger partial charge in [0.05, 0.1) is 15.6 Å². The van der Waals surface area contributed by atoms with Gasteiger partial charge in [-0.15, -0.1) is 0 Å². The van der Waals surface area contributed by atoms with Gasteiger partial charge in [-0.2, -0.15) is 0 Å². The molecule has 0 radical (unpaired) electrons. The van der Waals surface area contributed by atoms with Gasteiger partial charge in [-0.1, -0.05) is 29.3 Å². The van der Waals surface area contributed by atoms with Gasteiger partial charge in [0.2, 0.25) is 0 Å². The van der Waals surface area contributed by atoms with E-state index in [2.05, 4.69) is 5.32 Å². The number of carbonyl (C=O) groups excluding carboxylic acids is 1. The molecule has 0 bridgehead atoms. The number of hydrogen-bond donors (Lipinski definition) is 1. The molecular formula is C15H13ClN2O3. The van der Waals surface area contributed by atoms with E-state index >= 15 is 0 Å². The van der Waals surface area contributed by atoms with Gasteiger partial charge in [0.15, 0.2) is 0 Å². The highest BCUT2D eigenvalue weighted by atomic mass is 35.5. The lowest BCUT2D eigenvalue weighted by Gasteiger charge is -2.09. The number of nitrogens with zero attached hydrogens (tertiary/aromatic N) is 1. The molecule has 21 heavy (non-hydrogen) atoms. The van der Waals surface area contributed by atoms with E-state index in [-0.39, 0.29) is 22.3 Å². The minimum Gasteiger partial charge on any atom is -0.320 e. The van der Waals surface area contributed by atoms with Crippen molar-refractivity contribution in [2.45, 2.75) is 13.8 Å². The van der Waals surface area contributed by atoms with Crippen molar-refractivity contribution in [1.82, 2.24) is 0 Å². The van der Waals surface area contributed by atoms with E-state index in [0.717, 1.165) is 11.1 Å². The number of aryl methyl sites for hydroxylation is 2. The summed E-state index contributed by atoms with van der Waals surface area (Å²) >= 11 is 5.96. The number of nitro benzene ring substituents is 1. The zero-order valence-electron chi connectivity index (χ0n) is 11.5. The van der Waals surface area contributed by atoms with Gasteiger partial charge in [-0.25, -0.2) is 0 Å². The predicted octanol–water partition coefficient (Wildman–Crippen LogP) is 4.12. The normalized spacial score (nSPS) is 10.2. The molecule has 0 fully saturated rings. The maximum absolute atomic E-state index is 12.2. The SMILES string of the molecule is Cc1ccc(C(=O)Nc2cc([N+](=O)[O-])ccc2Cl)c(C)c1. The average molecular weight is 305 g/mol. The molecule has 2 aromatic rings. The van der Waals surface area contributed by atoms with Crippen LogP contribution in [0.25, 0.3) is 0 Å². The van der Waals surface area contributed by atoms with E-state index in [1.807, 2.05) is 26.0 Å². The quantitative estimate of drug-likeness (QED) is 0.685. The summed E-state index contributed by atoms with van der Waals surface area (Å²) in [4.78, 5) is 22.5. The zero-order chi connectivity index (χ0) is 15.6. The number of rotatable bonds is 3. The standard InChI is InChI=1S/C15H13ClN2O3/c1-9-3-5-12(10(2)7-9)15(19)17-14-8-11(18(20)21)4-6-13(14)16/h3-8H,1-2H3,(H,17,19). The Hall–Kier alpha value is -2.40. The van der Waals surface area contributed by atoms with Crippen LogP contribution < -0.4 is 5.32 Å². The molecule has 5 nitrogen and oxygen atoms in total. The molecule has 0 atom stereocenters. The first kappa shape index (κ1) is 15.0. The summed E-state index contributed by atoms with van der Waals surface area (Å²) in [5, 5.41) is 13.6. The zero-order valence-corrected chi connectivity index (χ0v) is 12.3. The second kappa shape index (κ2) is 5.93. The Morgan fingerprint density at radius 3 is 2.52 bits per heavy atom. The first-order valence-corrected chi connectivity index (χ1v) is 6.59. The molecule has 0 heterocycles. The largest absolute Gasteiger partial charge is 0.320 e. The van der Waals surface area contributed by atoms with Crippen molar-refractivity contribution in [3.63, 3.8) is 0 Å². The van der Waals surface area contributed by atoms with E-state index in [4.69, 9.17) is 11.6 Å². The Bertz CT molecular complexity index is 729. The number of halogens is 1. The lowest BCUT2D eigenvalue weighted by molar-refractivity contribution is -0.384. The fourth-order valence-electron chi connectivity index (χ4n) is 1.98. The molecule has 2 aromatic carbocycles. The van der Waals surface area contributed by atoms with Crippen molar-refractivity contribution in [1.29, 1.82) is 0 Å². The Labute approximate surface area is 126 Å². The minimum atomic E-state index is -0.539. The molecule has 0 unspecified atom stereocenters. The highest BCUT2D eigenvalue weighted by Crippen LogP contribution is 2.27. The van der Waals surface area contributed by atoms with Crippen molar-refractivity contribution < 1.29 is 9.72 Å². The maximum atomic E-state index is 12.2. The monoisotopic (exact) mass is 304 g/mol. The Morgan fingerprint density at radius 2 is 1.90 bits per heavy atom. The predicted molar refractivity (Wildman–Crippen MR) is 82.0 cm³/mol. The van der Waals surface area contributed by atoms with Crippen LogP contribution in [0.4, 0.5) is 11.4 Å². The Balaban J connectivity index is 2.31. The molecule has 0 spiro atoms. The van der Waals surface area contributed by atoms with Gasteiger partial charge in [-0.3, -0.25) is 14.9 Å². The number of carbonyl (C=O) groups is 1. The average Bonchev–Trinajstić information content (AvgIpc) is 2.40. The van der Waals surface area contributed by atoms with E-state index in [0.29, 0.717) is 5.56 Å². The molecule has 2 rings (SSSR count). The number of nitro groups is 1. The van der Waals surface area contributed by atoms with Gasteiger partial charge in [-0.05, 0) is 31.5 Å². The van der Waals surface area contributed by atoms with Gasteiger partial charge in [0.25, 0.3) is 11.6 Å². The number of non-ortho nitro benzene ring substituents is 1. The number of nitrogens with one attached hydrogen (secondary N) is 1. The van der Waals surface area contributed by atoms with Crippen LogP contribution in [0, 0.1) is 24.0 Å². The minimum absolute atomic E-state index is 0.129. The summed E-state index contributed by atoms with van der Waals surface area (Å²) in [5.41, 5.74) is 2.47. The Kier molecular flexibility index (Phi) is 4.23. The number of benzene rings is 2. The fraction of sp³-hybridized carbons (Fsp3) is 0.133. The van der Waals surface area contributed by atoms with Crippen LogP contribution in [0.2, 0.25) is 5.02 Å². The molecule has 0 aliphatic carbocycles. The van der Waals surface area contributed by atoms with Crippen LogP contribution in [0.15, 0.2) is 36.4 Å². The number of anilines is 1. The third-order valence-corrected chi connectivity index (χ3v) is 3.37. The van der Waals surface area contributed by atoms with Crippen molar-refractivity contribution in [2.75, 3.05) is 5.32 Å². The molecule has 0 saturated heterocycles. The van der Waals surface area contributed by atoms with Crippen LogP contribution in [0.3, 0.4) is 0 Å². The molecule has 0 aliphatic heterocycles. The van der Waals surface area contributed by atoms with Gasteiger partial charge >= 0.3 is 0 Å². The molecule has 0 aromatic heterocycles. The molecule has 6 heteroatoms. The van der Waals surface area contributed by atoms with Gasteiger partial charge in [0.1, 0.15) is 0 Å². The van der Waals surface area contributed by atoms with Crippen LogP contribution in [0.5, 0.6) is 0 Å². The summed E-state index contributed by atoms with van der Waals surface area (Å²) < 4.78 is 0. The molecule has 108 valence electrons. The van der Waals surface area contributed by atoms with E-state index < -0.39 is 4.92 Å². The second-order valence-electron chi connectivity index (χ2n) is 4.69. The molecule has 1 N–H and O–H groups in total. The van der Waals surface area contributed by atoms with Crippen LogP contribution in [0.1, 0.15) is 21.5 Å². The highest BCUT2D eigenvalue weighted by molar-refractivity contribution is 6.34. The summed E-state index contributed by atoms with van der Waals surface area (Å²) in [6, 6.07) is 9.35. The van der Waals surface area contributed by atoms with E-state index in [1.54, 1.807) is 6.07 Å². The lowest BCUT2D eigenvalue weighted by Crippen LogP contribution is -2.14. The van der Waals surface area contributed by atoms with Gasteiger partial charge in [0, 0.05) is 17.7 Å². The van der Waals surface area contributed by atoms with Crippen molar-refractivity contribution in [3.05, 3.63) is 68.2 Å². The molecule has 0 saturated carbocycles. The van der Waals surface area contributed by atoms with E-state index in [1.165, 1.54) is 18.2 Å². The fourth-order valence-corrected chi connectivity index (χ4v) is 2.15. The summed E-state index contributed by atoms with van der Waals surface area (Å²) in [6.07, 6.45) is 0. The van der Waals surface area contributed by atoms with Crippen LogP contribution >= 0.6 is 11.6 Å².